The van der Waals surface area contributed by atoms with Crippen molar-refractivity contribution < 1.29 is 9.59 Å². The first kappa shape index (κ1) is 13.7. The van der Waals surface area contributed by atoms with E-state index in [2.05, 4.69) is 5.32 Å². The standard InChI is InChI=1S/C13H16ClN3O2/c1-2-3-11-12(18)17(13(19)16-11)7-8-6-9(14)4-5-10(8)15/h4-6,11H,2-3,7,15H2,1H3,(H,16,19). The number of anilines is 1. The molecule has 0 aromatic heterocycles. The Hall–Kier alpha value is -1.75. The molecular formula is C13H16ClN3O2. The van der Waals surface area contributed by atoms with E-state index in [9.17, 15) is 9.59 Å². The van der Waals surface area contributed by atoms with Gasteiger partial charge in [0.15, 0.2) is 0 Å². The maximum absolute atomic E-state index is 12.1. The fourth-order valence-electron chi connectivity index (χ4n) is 2.09. The van der Waals surface area contributed by atoms with E-state index in [0.717, 1.165) is 6.42 Å². The van der Waals surface area contributed by atoms with Gasteiger partial charge < -0.3 is 11.1 Å². The number of nitrogens with two attached hydrogens (primary N) is 1. The molecule has 3 amide bonds. The van der Waals surface area contributed by atoms with Gasteiger partial charge >= 0.3 is 6.03 Å². The molecule has 1 aliphatic heterocycles. The van der Waals surface area contributed by atoms with Crippen LogP contribution in [0.25, 0.3) is 0 Å². The van der Waals surface area contributed by atoms with Crippen molar-refractivity contribution in [3.8, 4) is 0 Å². The largest absolute Gasteiger partial charge is 0.398 e. The third-order valence-electron chi connectivity index (χ3n) is 3.12. The molecular weight excluding hydrogens is 266 g/mol. The monoisotopic (exact) mass is 281 g/mol. The van der Waals surface area contributed by atoms with Crippen molar-refractivity contribution in [1.82, 2.24) is 10.2 Å². The summed E-state index contributed by atoms with van der Waals surface area (Å²) in [7, 11) is 0. The summed E-state index contributed by atoms with van der Waals surface area (Å²) in [5, 5.41) is 3.20. The van der Waals surface area contributed by atoms with Crippen LogP contribution in [0.1, 0.15) is 25.3 Å². The summed E-state index contributed by atoms with van der Waals surface area (Å²) < 4.78 is 0. The van der Waals surface area contributed by atoms with Crippen LogP contribution >= 0.6 is 11.6 Å². The molecule has 0 radical (unpaired) electrons. The summed E-state index contributed by atoms with van der Waals surface area (Å²) in [5.41, 5.74) is 7.02. The van der Waals surface area contributed by atoms with Crippen LogP contribution in [0, 0.1) is 0 Å². The number of nitrogen functional groups attached to an aromatic ring is 1. The lowest BCUT2D eigenvalue weighted by Crippen LogP contribution is -2.31. The quantitative estimate of drug-likeness (QED) is 0.656. The van der Waals surface area contributed by atoms with E-state index in [0.29, 0.717) is 22.7 Å². The first-order valence-electron chi connectivity index (χ1n) is 6.18. The highest BCUT2D eigenvalue weighted by atomic mass is 35.5. The lowest BCUT2D eigenvalue weighted by atomic mass is 10.1. The molecule has 1 atom stereocenters. The number of hydrogen-bond donors (Lipinski definition) is 2. The van der Waals surface area contributed by atoms with Gasteiger partial charge in [-0.15, -0.1) is 0 Å². The number of benzene rings is 1. The van der Waals surface area contributed by atoms with Crippen molar-refractivity contribution in [3.63, 3.8) is 0 Å². The number of hydrogen-bond acceptors (Lipinski definition) is 3. The molecule has 6 heteroatoms. The number of carbonyl (C=O) groups is 2. The highest BCUT2D eigenvalue weighted by Gasteiger charge is 2.37. The molecule has 3 N–H and O–H groups in total. The molecule has 5 nitrogen and oxygen atoms in total. The Bertz CT molecular complexity index is 519. The SMILES string of the molecule is CCCC1NC(=O)N(Cc2cc(Cl)ccc2N)C1=O. The smallest absolute Gasteiger partial charge is 0.325 e. The highest BCUT2D eigenvalue weighted by Crippen LogP contribution is 2.22. The van der Waals surface area contributed by atoms with Crippen LogP contribution in [0.3, 0.4) is 0 Å². The molecule has 1 heterocycles. The molecule has 0 bridgehead atoms. The van der Waals surface area contributed by atoms with Crippen molar-refractivity contribution in [2.24, 2.45) is 0 Å². The summed E-state index contributed by atoms with van der Waals surface area (Å²) in [6, 6.07) is 4.22. The zero-order valence-corrected chi connectivity index (χ0v) is 11.4. The maximum atomic E-state index is 12.1. The van der Waals surface area contributed by atoms with Gasteiger partial charge in [0, 0.05) is 10.7 Å². The molecule has 1 fully saturated rings. The van der Waals surface area contributed by atoms with Gasteiger partial charge in [0.05, 0.1) is 6.54 Å². The van der Waals surface area contributed by atoms with Crippen LogP contribution in [0.5, 0.6) is 0 Å². The van der Waals surface area contributed by atoms with Crippen LogP contribution < -0.4 is 11.1 Å². The maximum Gasteiger partial charge on any atom is 0.325 e. The molecule has 2 rings (SSSR count). The van der Waals surface area contributed by atoms with Gasteiger partial charge in [-0.05, 0) is 30.2 Å². The lowest BCUT2D eigenvalue weighted by molar-refractivity contribution is -0.128. The molecule has 0 saturated carbocycles. The predicted molar refractivity (Wildman–Crippen MR) is 73.6 cm³/mol. The third-order valence-corrected chi connectivity index (χ3v) is 3.35. The van der Waals surface area contributed by atoms with Crippen LogP contribution in [-0.4, -0.2) is 22.9 Å². The number of carbonyl (C=O) groups excluding carboxylic acids is 2. The Morgan fingerprint density at radius 3 is 2.84 bits per heavy atom. The minimum absolute atomic E-state index is 0.150. The van der Waals surface area contributed by atoms with Crippen molar-refractivity contribution in [2.45, 2.75) is 32.4 Å². The number of rotatable bonds is 4. The van der Waals surface area contributed by atoms with E-state index in [4.69, 9.17) is 17.3 Å². The van der Waals surface area contributed by atoms with Gasteiger partial charge in [0.1, 0.15) is 6.04 Å². The molecule has 0 aliphatic carbocycles. The van der Waals surface area contributed by atoms with Gasteiger partial charge in [-0.25, -0.2) is 4.79 Å². The lowest BCUT2D eigenvalue weighted by Gasteiger charge is -2.14. The van der Waals surface area contributed by atoms with Gasteiger partial charge in [0.25, 0.3) is 5.91 Å². The fraction of sp³-hybridized carbons (Fsp3) is 0.385. The molecule has 1 aliphatic rings. The summed E-state index contributed by atoms with van der Waals surface area (Å²) >= 11 is 5.89. The molecule has 1 aromatic carbocycles. The molecule has 1 aromatic rings. The second-order valence-electron chi connectivity index (χ2n) is 4.56. The molecule has 0 spiro atoms. The summed E-state index contributed by atoms with van der Waals surface area (Å²) in [6.45, 7) is 2.12. The Labute approximate surface area is 116 Å². The normalized spacial score (nSPS) is 18.8. The number of nitrogens with one attached hydrogen (secondary N) is 1. The average molecular weight is 282 g/mol. The van der Waals surface area contributed by atoms with Crippen LogP contribution in [0.2, 0.25) is 5.02 Å². The van der Waals surface area contributed by atoms with Gasteiger partial charge in [0.2, 0.25) is 0 Å². The second-order valence-corrected chi connectivity index (χ2v) is 4.99. The second kappa shape index (κ2) is 5.48. The zero-order valence-electron chi connectivity index (χ0n) is 10.6. The van der Waals surface area contributed by atoms with E-state index < -0.39 is 6.04 Å². The Balaban J connectivity index is 2.17. The van der Waals surface area contributed by atoms with Crippen LogP contribution in [0.4, 0.5) is 10.5 Å². The molecule has 19 heavy (non-hydrogen) atoms. The number of amides is 3. The number of nitrogens with zero attached hydrogens (tertiary/aromatic N) is 1. The molecule has 1 unspecified atom stereocenters. The summed E-state index contributed by atoms with van der Waals surface area (Å²) in [4.78, 5) is 25.0. The van der Waals surface area contributed by atoms with Crippen molar-refractivity contribution >= 4 is 29.2 Å². The number of imide groups is 1. The van der Waals surface area contributed by atoms with E-state index >= 15 is 0 Å². The fourth-order valence-corrected chi connectivity index (χ4v) is 2.29. The first-order chi connectivity index (χ1) is 9.02. The zero-order chi connectivity index (χ0) is 14.0. The molecule has 1 saturated heterocycles. The third kappa shape index (κ3) is 2.81. The van der Waals surface area contributed by atoms with E-state index in [-0.39, 0.29) is 18.5 Å². The summed E-state index contributed by atoms with van der Waals surface area (Å²) in [5.74, 6) is -0.203. The van der Waals surface area contributed by atoms with Gasteiger partial charge in [-0.2, -0.15) is 0 Å². The average Bonchev–Trinajstić information content (AvgIpc) is 2.62. The Kier molecular flexibility index (Phi) is 3.95. The van der Waals surface area contributed by atoms with Crippen LogP contribution in [0.15, 0.2) is 18.2 Å². The van der Waals surface area contributed by atoms with Crippen LogP contribution in [-0.2, 0) is 11.3 Å². The predicted octanol–water partition coefficient (Wildman–Crippen LogP) is 2.14. The topological polar surface area (TPSA) is 75.4 Å². The van der Waals surface area contributed by atoms with Crippen molar-refractivity contribution in [2.75, 3.05) is 5.73 Å². The number of urea groups is 1. The highest BCUT2D eigenvalue weighted by molar-refractivity contribution is 6.30. The minimum atomic E-state index is -0.419. The van der Waals surface area contributed by atoms with Crippen molar-refractivity contribution in [1.29, 1.82) is 0 Å². The minimum Gasteiger partial charge on any atom is -0.398 e. The van der Waals surface area contributed by atoms with E-state index in [1.165, 1.54) is 4.90 Å². The van der Waals surface area contributed by atoms with E-state index in [1.807, 2.05) is 6.92 Å². The van der Waals surface area contributed by atoms with E-state index in [1.54, 1.807) is 18.2 Å². The molecule has 102 valence electrons. The Morgan fingerprint density at radius 1 is 1.42 bits per heavy atom. The van der Waals surface area contributed by atoms with Gasteiger partial charge in [-0.3, -0.25) is 9.69 Å². The van der Waals surface area contributed by atoms with Gasteiger partial charge in [-0.1, -0.05) is 24.9 Å². The first-order valence-corrected chi connectivity index (χ1v) is 6.56. The Morgan fingerprint density at radius 2 is 2.16 bits per heavy atom. The number of halogens is 1. The van der Waals surface area contributed by atoms with Crippen molar-refractivity contribution in [3.05, 3.63) is 28.8 Å². The summed E-state index contributed by atoms with van der Waals surface area (Å²) in [6.07, 6.45) is 1.48.